The number of rotatable bonds is 4. The van der Waals surface area contributed by atoms with Crippen LogP contribution in [0.25, 0.3) is 0 Å². The maximum atomic E-state index is 13.3. The predicted molar refractivity (Wildman–Crippen MR) is 86.9 cm³/mol. The Kier molecular flexibility index (Phi) is 5.12. The van der Waals surface area contributed by atoms with Gasteiger partial charge in [-0.3, -0.25) is 20.2 Å². The predicted octanol–water partition coefficient (Wildman–Crippen LogP) is 4.90. The molecule has 0 saturated carbocycles. The van der Waals surface area contributed by atoms with E-state index in [9.17, 15) is 33.4 Å². The normalized spacial score (nSPS) is 10.9. The van der Waals surface area contributed by atoms with Crippen molar-refractivity contribution >= 4 is 38.7 Å². The van der Waals surface area contributed by atoms with Gasteiger partial charge in [-0.1, -0.05) is 0 Å². The summed E-state index contributed by atoms with van der Waals surface area (Å²) in [5, 5.41) is 33.1. The molecule has 0 aliphatic rings. The van der Waals surface area contributed by atoms with Crippen molar-refractivity contribution in [3.63, 3.8) is 0 Å². The van der Waals surface area contributed by atoms with Gasteiger partial charge in [0.2, 0.25) is 0 Å². The van der Waals surface area contributed by atoms with Crippen molar-refractivity contribution in [2.24, 2.45) is 0 Å². The van der Waals surface area contributed by atoms with E-state index in [2.05, 4.69) is 21.2 Å². The molecule has 0 aromatic heterocycles. The zero-order valence-corrected chi connectivity index (χ0v) is 14.0. The van der Waals surface area contributed by atoms with Crippen LogP contribution in [0.1, 0.15) is 11.1 Å². The van der Waals surface area contributed by atoms with Gasteiger partial charge in [-0.2, -0.15) is 18.4 Å². The molecule has 2 rings (SSSR count). The molecule has 2 aromatic rings. The van der Waals surface area contributed by atoms with E-state index in [0.29, 0.717) is 6.07 Å². The molecule has 1 N–H and O–H groups in total. The summed E-state index contributed by atoms with van der Waals surface area (Å²) in [6.07, 6.45) is -5.09. The van der Waals surface area contributed by atoms with Crippen LogP contribution in [0, 0.1) is 31.6 Å². The number of anilines is 2. The Hall–Kier alpha value is -3.20. The summed E-state index contributed by atoms with van der Waals surface area (Å²) < 4.78 is 40.1. The topological polar surface area (TPSA) is 122 Å². The molecule has 0 unspecified atom stereocenters. The first kappa shape index (κ1) is 19.1. The van der Waals surface area contributed by atoms with Crippen LogP contribution in [0.4, 0.5) is 35.9 Å². The zero-order chi connectivity index (χ0) is 19.6. The third-order valence-corrected chi connectivity index (χ3v) is 3.83. The summed E-state index contributed by atoms with van der Waals surface area (Å²) in [4.78, 5) is 19.7. The number of benzene rings is 2. The first-order valence-corrected chi connectivity index (χ1v) is 7.34. The van der Waals surface area contributed by atoms with Crippen molar-refractivity contribution in [1.82, 2.24) is 0 Å². The lowest BCUT2D eigenvalue weighted by atomic mass is 10.1. The third-order valence-electron chi connectivity index (χ3n) is 3.17. The Morgan fingerprint density at radius 1 is 1.12 bits per heavy atom. The minimum absolute atomic E-state index is 0.00598. The van der Waals surface area contributed by atoms with Crippen molar-refractivity contribution in [2.75, 3.05) is 5.32 Å². The van der Waals surface area contributed by atoms with Gasteiger partial charge in [0.05, 0.1) is 38.8 Å². The van der Waals surface area contributed by atoms with Crippen LogP contribution < -0.4 is 5.32 Å². The molecule has 0 spiro atoms. The maximum Gasteiger partial charge on any atom is 0.418 e. The van der Waals surface area contributed by atoms with Crippen LogP contribution >= 0.6 is 15.9 Å². The average molecular weight is 431 g/mol. The molecule has 0 bridgehead atoms. The van der Waals surface area contributed by atoms with Crippen LogP contribution in [0.3, 0.4) is 0 Å². The second-order valence-corrected chi connectivity index (χ2v) is 5.69. The summed E-state index contributed by atoms with van der Waals surface area (Å²) in [5.74, 6) is 0. The molecule has 0 radical (unpaired) electrons. The van der Waals surface area contributed by atoms with Crippen LogP contribution in [-0.4, -0.2) is 9.85 Å². The highest BCUT2D eigenvalue weighted by atomic mass is 79.9. The van der Waals surface area contributed by atoms with E-state index < -0.39 is 38.6 Å². The second kappa shape index (κ2) is 6.96. The molecule has 0 aliphatic heterocycles. The Morgan fingerprint density at radius 3 is 2.23 bits per heavy atom. The molecule has 0 saturated heterocycles. The minimum Gasteiger partial charge on any atom is -0.348 e. The fraction of sp³-hybridized carbons (Fsp3) is 0.0714. The van der Waals surface area contributed by atoms with Gasteiger partial charge in [-0.25, -0.2) is 0 Å². The van der Waals surface area contributed by atoms with Gasteiger partial charge in [0.25, 0.3) is 11.4 Å². The van der Waals surface area contributed by atoms with E-state index in [0.717, 1.165) is 0 Å². The SMILES string of the molecule is N#Cc1ccc(Nc2c([N+](=O)[O-])cc([N+](=O)[O-])cc2C(F)(F)F)c(Br)c1. The maximum absolute atomic E-state index is 13.3. The van der Waals surface area contributed by atoms with Gasteiger partial charge in [0.1, 0.15) is 5.69 Å². The highest BCUT2D eigenvalue weighted by Gasteiger charge is 2.39. The molecule has 26 heavy (non-hydrogen) atoms. The van der Waals surface area contributed by atoms with Crippen LogP contribution in [0.15, 0.2) is 34.8 Å². The van der Waals surface area contributed by atoms with Crippen molar-refractivity contribution in [3.8, 4) is 6.07 Å². The standard InChI is InChI=1S/C14H6BrF3N4O4/c15-10-3-7(6-19)1-2-11(10)20-13-9(14(16,17)18)4-8(21(23)24)5-12(13)22(25)26/h1-5,20H. The lowest BCUT2D eigenvalue weighted by Gasteiger charge is -2.15. The number of hydrogen-bond acceptors (Lipinski definition) is 6. The first-order valence-electron chi connectivity index (χ1n) is 6.55. The molecule has 0 amide bonds. The number of nitro groups is 2. The third kappa shape index (κ3) is 3.89. The van der Waals surface area contributed by atoms with Crippen molar-refractivity contribution in [3.05, 3.63) is 66.2 Å². The smallest absolute Gasteiger partial charge is 0.348 e. The largest absolute Gasteiger partial charge is 0.418 e. The van der Waals surface area contributed by atoms with E-state index in [1.807, 2.05) is 6.07 Å². The number of nitrogens with one attached hydrogen (secondary N) is 1. The lowest BCUT2D eigenvalue weighted by molar-refractivity contribution is -0.394. The Bertz CT molecular complexity index is 956. The highest BCUT2D eigenvalue weighted by molar-refractivity contribution is 9.10. The number of non-ortho nitro benzene ring substituents is 1. The van der Waals surface area contributed by atoms with E-state index in [1.165, 1.54) is 18.2 Å². The van der Waals surface area contributed by atoms with Gasteiger partial charge in [0, 0.05) is 10.5 Å². The number of nitrogens with zero attached hydrogens (tertiary/aromatic N) is 3. The number of alkyl halides is 3. The molecular weight excluding hydrogens is 425 g/mol. The number of hydrogen-bond donors (Lipinski definition) is 1. The van der Waals surface area contributed by atoms with E-state index in [1.54, 1.807) is 0 Å². The molecule has 2 aromatic carbocycles. The Labute approximate surface area is 151 Å². The van der Waals surface area contributed by atoms with Crippen LogP contribution in [0.5, 0.6) is 0 Å². The summed E-state index contributed by atoms with van der Waals surface area (Å²) in [7, 11) is 0. The first-order chi connectivity index (χ1) is 12.0. The van der Waals surface area contributed by atoms with Gasteiger partial charge in [-0.15, -0.1) is 0 Å². The van der Waals surface area contributed by atoms with Gasteiger partial charge in [-0.05, 0) is 34.1 Å². The quantitative estimate of drug-likeness (QED) is 0.543. The fourth-order valence-electron chi connectivity index (χ4n) is 2.04. The molecule has 0 aliphatic carbocycles. The minimum atomic E-state index is -5.09. The average Bonchev–Trinajstić information content (AvgIpc) is 2.55. The Balaban J connectivity index is 2.72. The second-order valence-electron chi connectivity index (χ2n) is 4.83. The van der Waals surface area contributed by atoms with Crippen molar-refractivity contribution in [2.45, 2.75) is 6.18 Å². The number of halogens is 4. The van der Waals surface area contributed by atoms with E-state index in [4.69, 9.17) is 5.26 Å². The molecule has 8 nitrogen and oxygen atoms in total. The van der Waals surface area contributed by atoms with Crippen molar-refractivity contribution in [1.29, 1.82) is 5.26 Å². The summed E-state index contributed by atoms with van der Waals surface area (Å²) in [6.45, 7) is 0. The van der Waals surface area contributed by atoms with Crippen LogP contribution in [0.2, 0.25) is 0 Å². The number of nitro benzene ring substituents is 2. The van der Waals surface area contributed by atoms with Gasteiger partial charge < -0.3 is 5.32 Å². The Morgan fingerprint density at radius 2 is 1.77 bits per heavy atom. The van der Waals surface area contributed by atoms with Crippen LogP contribution in [-0.2, 0) is 6.18 Å². The molecule has 134 valence electrons. The summed E-state index contributed by atoms with van der Waals surface area (Å²) in [6, 6.07) is 6.31. The molecule has 0 fully saturated rings. The van der Waals surface area contributed by atoms with E-state index in [-0.39, 0.29) is 21.8 Å². The monoisotopic (exact) mass is 430 g/mol. The van der Waals surface area contributed by atoms with Crippen molar-refractivity contribution < 1.29 is 23.0 Å². The van der Waals surface area contributed by atoms with Gasteiger partial charge >= 0.3 is 6.18 Å². The summed E-state index contributed by atoms with van der Waals surface area (Å²) in [5.41, 5.74) is -4.47. The number of nitriles is 1. The lowest BCUT2D eigenvalue weighted by Crippen LogP contribution is -2.12. The molecular formula is C14H6BrF3N4O4. The fourth-order valence-corrected chi connectivity index (χ4v) is 2.51. The zero-order valence-electron chi connectivity index (χ0n) is 12.4. The molecule has 0 heterocycles. The highest BCUT2D eigenvalue weighted by Crippen LogP contribution is 2.44. The van der Waals surface area contributed by atoms with Gasteiger partial charge in [0.15, 0.2) is 0 Å². The molecule has 0 atom stereocenters. The summed E-state index contributed by atoms with van der Waals surface area (Å²) >= 11 is 3.05. The molecule has 12 heteroatoms. The van der Waals surface area contributed by atoms with E-state index >= 15 is 0 Å².